The van der Waals surface area contributed by atoms with Gasteiger partial charge in [0.15, 0.2) is 0 Å². The Bertz CT molecular complexity index is 204. The quantitative estimate of drug-likeness (QED) is 0.495. The SMILES string of the molecule is COC(=O)[C@@]12CC[C@@H](Br)[C@@H]1C2. The number of carbonyl (C=O) groups is 1. The molecule has 0 bridgehead atoms. The van der Waals surface area contributed by atoms with Crippen LogP contribution in [0, 0.1) is 11.3 Å². The van der Waals surface area contributed by atoms with Crippen LogP contribution < -0.4 is 0 Å². The monoisotopic (exact) mass is 218 g/mol. The summed E-state index contributed by atoms with van der Waals surface area (Å²) < 4.78 is 4.77. The van der Waals surface area contributed by atoms with Crippen molar-refractivity contribution >= 4 is 21.9 Å². The second-order valence-corrected chi connectivity index (χ2v) is 4.69. The lowest BCUT2D eigenvalue weighted by Crippen LogP contribution is -2.16. The van der Waals surface area contributed by atoms with Crippen molar-refractivity contribution in [3.8, 4) is 0 Å². The molecule has 2 aliphatic carbocycles. The van der Waals surface area contributed by atoms with Crippen LogP contribution in [0.2, 0.25) is 0 Å². The Morgan fingerprint density at radius 1 is 1.73 bits per heavy atom. The van der Waals surface area contributed by atoms with Crippen LogP contribution >= 0.6 is 15.9 Å². The number of alkyl halides is 1. The van der Waals surface area contributed by atoms with Crippen LogP contribution in [-0.2, 0) is 9.53 Å². The number of methoxy groups -OCH3 is 1. The molecule has 0 aromatic heterocycles. The van der Waals surface area contributed by atoms with Crippen LogP contribution in [0.5, 0.6) is 0 Å². The van der Waals surface area contributed by atoms with Crippen LogP contribution in [0.25, 0.3) is 0 Å². The topological polar surface area (TPSA) is 26.3 Å². The number of ether oxygens (including phenoxy) is 1. The molecule has 0 aliphatic heterocycles. The Morgan fingerprint density at radius 2 is 2.45 bits per heavy atom. The Kier molecular flexibility index (Phi) is 1.53. The number of carbonyl (C=O) groups excluding carboxylic acids is 1. The zero-order valence-corrected chi connectivity index (χ0v) is 8.06. The number of halogens is 1. The molecule has 2 saturated carbocycles. The van der Waals surface area contributed by atoms with Gasteiger partial charge in [0, 0.05) is 4.83 Å². The number of esters is 1. The van der Waals surface area contributed by atoms with Gasteiger partial charge in [0.1, 0.15) is 0 Å². The van der Waals surface area contributed by atoms with Crippen molar-refractivity contribution in [1.29, 1.82) is 0 Å². The molecule has 0 saturated heterocycles. The molecule has 2 rings (SSSR count). The molecule has 0 amide bonds. The maximum Gasteiger partial charge on any atom is 0.312 e. The highest BCUT2D eigenvalue weighted by Gasteiger charge is 2.66. The summed E-state index contributed by atoms with van der Waals surface area (Å²) in [6.45, 7) is 0. The van der Waals surface area contributed by atoms with Crippen LogP contribution in [0.3, 0.4) is 0 Å². The van der Waals surface area contributed by atoms with Gasteiger partial charge < -0.3 is 4.74 Å². The van der Waals surface area contributed by atoms with E-state index in [4.69, 9.17) is 4.74 Å². The van der Waals surface area contributed by atoms with E-state index in [1.54, 1.807) is 0 Å². The molecule has 0 radical (unpaired) electrons. The molecule has 2 nitrogen and oxygen atoms in total. The molecule has 0 heterocycles. The zero-order chi connectivity index (χ0) is 8.06. The van der Waals surface area contributed by atoms with Gasteiger partial charge in [-0.3, -0.25) is 4.79 Å². The third-order valence-corrected chi connectivity index (χ3v) is 4.12. The highest BCUT2D eigenvalue weighted by Crippen LogP contribution is 2.65. The molecular formula is C8H11BrO2. The Hall–Kier alpha value is -0.0500. The molecule has 0 spiro atoms. The fraction of sp³-hybridized carbons (Fsp3) is 0.875. The van der Waals surface area contributed by atoms with Gasteiger partial charge in [-0.2, -0.15) is 0 Å². The number of fused-ring (bicyclic) bond motifs is 1. The van der Waals surface area contributed by atoms with E-state index in [1.165, 1.54) is 7.11 Å². The standard InChI is InChI=1S/C8H11BrO2/c1-11-7(10)8-3-2-6(9)5(8)4-8/h5-6H,2-4H2,1H3/t5-,6+,8+/m0/s1. The Morgan fingerprint density at radius 3 is 2.82 bits per heavy atom. The highest BCUT2D eigenvalue weighted by atomic mass is 79.9. The molecule has 3 atom stereocenters. The Labute approximate surface area is 74.4 Å². The summed E-state index contributed by atoms with van der Waals surface area (Å²) in [4.78, 5) is 11.8. The summed E-state index contributed by atoms with van der Waals surface area (Å²) >= 11 is 3.57. The van der Waals surface area contributed by atoms with Gasteiger partial charge in [0.25, 0.3) is 0 Å². The lowest BCUT2D eigenvalue weighted by Gasteiger charge is -2.06. The van der Waals surface area contributed by atoms with Crippen molar-refractivity contribution < 1.29 is 9.53 Å². The lowest BCUT2D eigenvalue weighted by atomic mass is 10.1. The van der Waals surface area contributed by atoms with Crippen molar-refractivity contribution in [1.82, 2.24) is 0 Å². The third-order valence-electron chi connectivity index (χ3n) is 3.03. The first kappa shape index (κ1) is 7.59. The fourth-order valence-corrected chi connectivity index (χ4v) is 3.15. The van der Waals surface area contributed by atoms with Gasteiger partial charge >= 0.3 is 5.97 Å². The van der Waals surface area contributed by atoms with Gasteiger partial charge in [-0.1, -0.05) is 15.9 Å². The molecular weight excluding hydrogens is 208 g/mol. The average molecular weight is 219 g/mol. The van der Waals surface area contributed by atoms with Gasteiger partial charge in [-0.05, 0) is 25.2 Å². The summed E-state index contributed by atoms with van der Waals surface area (Å²) in [5, 5.41) is 0. The minimum absolute atomic E-state index is 0.00412. The minimum atomic E-state index is -0.0666. The predicted octanol–water partition coefficient (Wildman–Crippen LogP) is 1.72. The molecule has 2 aliphatic rings. The van der Waals surface area contributed by atoms with E-state index in [0.29, 0.717) is 10.7 Å². The van der Waals surface area contributed by atoms with E-state index in [0.717, 1.165) is 19.3 Å². The van der Waals surface area contributed by atoms with E-state index < -0.39 is 0 Å². The molecule has 2 fully saturated rings. The van der Waals surface area contributed by atoms with Crippen molar-refractivity contribution in [2.24, 2.45) is 11.3 Å². The van der Waals surface area contributed by atoms with Gasteiger partial charge in [0.05, 0.1) is 12.5 Å². The summed E-state index contributed by atoms with van der Waals surface area (Å²) in [5.74, 6) is 0.569. The molecule has 11 heavy (non-hydrogen) atoms. The second kappa shape index (κ2) is 2.22. The summed E-state index contributed by atoms with van der Waals surface area (Å²) in [6.07, 6.45) is 3.18. The van der Waals surface area contributed by atoms with Crippen molar-refractivity contribution in [2.45, 2.75) is 24.1 Å². The van der Waals surface area contributed by atoms with Crippen LogP contribution in [0.15, 0.2) is 0 Å². The zero-order valence-electron chi connectivity index (χ0n) is 6.47. The number of hydrogen-bond donors (Lipinski definition) is 0. The van der Waals surface area contributed by atoms with Crippen molar-refractivity contribution in [3.63, 3.8) is 0 Å². The molecule has 3 heteroatoms. The summed E-state index contributed by atoms with van der Waals surface area (Å²) in [7, 11) is 1.48. The third kappa shape index (κ3) is 0.866. The van der Waals surface area contributed by atoms with Crippen LogP contribution in [0.1, 0.15) is 19.3 Å². The summed E-state index contributed by atoms with van der Waals surface area (Å²) in [5.41, 5.74) is -0.0666. The highest BCUT2D eigenvalue weighted by molar-refractivity contribution is 9.09. The number of rotatable bonds is 1. The minimum Gasteiger partial charge on any atom is -0.469 e. The first-order valence-corrected chi connectivity index (χ1v) is 4.85. The van der Waals surface area contributed by atoms with Crippen molar-refractivity contribution in [2.75, 3.05) is 7.11 Å². The van der Waals surface area contributed by atoms with Gasteiger partial charge in [-0.15, -0.1) is 0 Å². The van der Waals surface area contributed by atoms with E-state index in [2.05, 4.69) is 15.9 Å². The fourth-order valence-electron chi connectivity index (χ4n) is 2.23. The maximum absolute atomic E-state index is 11.3. The van der Waals surface area contributed by atoms with E-state index >= 15 is 0 Å². The first-order chi connectivity index (χ1) is 5.20. The van der Waals surface area contributed by atoms with Gasteiger partial charge in [-0.25, -0.2) is 0 Å². The smallest absolute Gasteiger partial charge is 0.312 e. The summed E-state index contributed by atoms with van der Waals surface area (Å²) in [6, 6.07) is 0. The molecule has 62 valence electrons. The maximum atomic E-state index is 11.3. The first-order valence-electron chi connectivity index (χ1n) is 3.93. The molecule has 0 aromatic rings. The predicted molar refractivity (Wildman–Crippen MR) is 44.5 cm³/mol. The molecule has 0 aromatic carbocycles. The van der Waals surface area contributed by atoms with E-state index in [1.807, 2.05) is 0 Å². The van der Waals surface area contributed by atoms with E-state index in [9.17, 15) is 4.79 Å². The van der Waals surface area contributed by atoms with Crippen LogP contribution in [0.4, 0.5) is 0 Å². The second-order valence-electron chi connectivity index (χ2n) is 3.51. The van der Waals surface area contributed by atoms with Crippen LogP contribution in [-0.4, -0.2) is 17.9 Å². The normalized spacial score (nSPS) is 46.7. The Balaban J connectivity index is 2.11. The molecule has 0 unspecified atom stereocenters. The van der Waals surface area contributed by atoms with E-state index in [-0.39, 0.29) is 11.4 Å². The van der Waals surface area contributed by atoms with Crippen molar-refractivity contribution in [3.05, 3.63) is 0 Å². The van der Waals surface area contributed by atoms with Gasteiger partial charge in [0.2, 0.25) is 0 Å². The average Bonchev–Trinajstić information content (AvgIpc) is 2.68. The lowest BCUT2D eigenvalue weighted by molar-refractivity contribution is -0.147. The largest absolute Gasteiger partial charge is 0.469 e. The molecule has 0 N–H and O–H groups in total. The number of hydrogen-bond acceptors (Lipinski definition) is 2.